The van der Waals surface area contributed by atoms with Crippen molar-refractivity contribution in [1.29, 1.82) is 0 Å². The second-order valence-corrected chi connectivity index (χ2v) is 6.58. The molecule has 2 aromatic rings. The van der Waals surface area contributed by atoms with Crippen LogP contribution >= 0.6 is 11.6 Å². The number of benzene rings is 2. The number of amides is 2. The van der Waals surface area contributed by atoms with Gasteiger partial charge in [-0.25, -0.2) is 0 Å². The minimum Gasteiger partial charge on any atom is -0.454 e. The number of rotatable bonds is 6. The summed E-state index contributed by atoms with van der Waals surface area (Å²) in [6.45, 7) is 0.143. The first-order chi connectivity index (χ1) is 12.4. The third-order valence-corrected chi connectivity index (χ3v) is 4.56. The van der Waals surface area contributed by atoms with Gasteiger partial charge in [0, 0.05) is 30.1 Å². The molecule has 2 aromatic carbocycles. The fourth-order valence-electron chi connectivity index (χ4n) is 2.87. The highest BCUT2D eigenvalue weighted by Gasteiger charge is 2.25. The fourth-order valence-corrected chi connectivity index (χ4v) is 3.00. The Labute approximate surface area is 156 Å². The monoisotopic (exact) mass is 374 g/mol. The molecular weight excluding hydrogens is 356 g/mol. The number of nitrogens with two attached hydrogens (primary N) is 1. The lowest BCUT2D eigenvalue weighted by Gasteiger charge is -2.28. The third-order valence-electron chi connectivity index (χ3n) is 4.31. The van der Waals surface area contributed by atoms with Crippen LogP contribution in [0.1, 0.15) is 22.3 Å². The second kappa shape index (κ2) is 7.66. The Morgan fingerprint density at radius 1 is 1.15 bits per heavy atom. The molecule has 1 unspecified atom stereocenters. The lowest BCUT2D eigenvalue weighted by Crippen LogP contribution is -2.41. The van der Waals surface area contributed by atoms with Crippen molar-refractivity contribution < 1.29 is 19.1 Å². The molecular formula is C19H19ClN2O4. The van der Waals surface area contributed by atoms with Crippen molar-refractivity contribution in [2.75, 3.05) is 13.8 Å². The third kappa shape index (κ3) is 4.08. The molecule has 0 saturated heterocycles. The minimum absolute atomic E-state index is 0.0649. The first kappa shape index (κ1) is 18.1. The molecule has 6 nitrogen and oxygen atoms in total. The van der Waals surface area contributed by atoms with E-state index in [1.54, 1.807) is 37.4 Å². The molecule has 26 heavy (non-hydrogen) atoms. The van der Waals surface area contributed by atoms with Gasteiger partial charge in [-0.05, 0) is 42.3 Å². The van der Waals surface area contributed by atoms with Crippen LogP contribution in [0.4, 0.5) is 0 Å². The Balaban J connectivity index is 1.79. The summed E-state index contributed by atoms with van der Waals surface area (Å²) in [5.74, 6) is 0.463. The van der Waals surface area contributed by atoms with Gasteiger partial charge in [-0.3, -0.25) is 9.59 Å². The molecule has 0 saturated carbocycles. The van der Waals surface area contributed by atoms with E-state index in [0.717, 1.165) is 5.56 Å². The number of halogens is 1. The fraction of sp³-hybridized carbons (Fsp3) is 0.263. The van der Waals surface area contributed by atoms with Gasteiger partial charge in [-0.2, -0.15) is 0 Å². The van der Waals surface area contributed by atoms with E-state index < -0.39 is 5.91 Å². The summed E-state index contributed by atoms with van der Waals surface area (Å²) in [5, 5.41) is 0.630. The van der Waals surface area contributed by atoms with Crippen LogP contribution in [0.2, 0.25) is 5.02 Å². The van der Waals surface area contributed by atoms with Crippen LogP contribution in [0.25, 0.3) is 0 Å². The van der Waals surface area contributed by atoms with E-state index in [1.807, 2.05) is 12.1 Å². The van der Waals surface area contributed by atoms with Gasteiger partial charge in [0.05, 0.1) is 0 Å². The topological polar surface area (TPSA) is 81.9 Å². The summed E-state index contributed by atoms with van der Waals surface area (Å²) in [6, 6.07) is 11.9. The van der Waals surface area contributed by atoms with E-state index in [1.165, 1.54) is 4.90 Å². The number of ether oxygens (including phenoxy) is 2. The van der Waals surface area contributed by atoms with E-state index in [4.69, 9.17) is 26.8 Å². The summed E-state index contributed by atoms with van der Waals surface area (Å²) in [4.78, 5) is 25.9. The van der Waals surface area contributed by atoms with Gasteiger partial charge in [0.25, 0.3) is 5.91 Å². The molecule has 0 spiro atoms. The number of fused-ring (bicyclic) bond motifs is 1. The van der Waals surface area contributed by atoms with E-state index >= 15 is 0 Å². The van der Waals surface area contributed by atoms with Gasteiger partial charge in [-0.1, -0.05) is 23.7 Å². The Morgan fingerprint density at radius 3 is 2.54 bits per heavy atom. The smallest absolute Gasteiger partial charge is 0.254 e. The lowest BCUT2D eigenvalue weighted by molar-refractivity contribution is -0.118. The van der Waals surface area contributed by atoms with Crippen molar-refractivity contribution in [3.63, 3.8) is 0 Å². The van der Waals surface area contributed by atoms with E-state index in [2.05, 4.69) is 0 Å². The zero-order valence-corrected chi connectivity index (χ0v) is 15.0. The van der Waals surface area contributed by atoms with Crippen molar-refractivity contribution in [2.45, 2.75) is 18.9 Å². The predicted molar refractivity (Wildman–Crippen MR) is 97.4 cm³/mol. The van der Waals surface area contributed by atoms with E-state index in [0.29, 0.717) is 28.5 Å². The van der Waals surface area contributed by atoms with Crippen molar-refractivity contribution in [2.24, 2.45) is 5.73 Å². The number of primary amides is 1. The molecule has 2 amide bonds. The Bertz CT molecular complexity index is 823. The average Bonchev–Trinajstić information content (AvgIpc) is 3.09. The van der Waals surface area contributed by atoms with Crippen LogP contribution in [0, 0.1) is 0 Å². The molecule has 1 aliphatic rings. The van der Waals surface area contributed by atoms with Gasteiger partial charge in [0.1, 0.15) is 0 Å². The standard InChI is InChI=1S/C19H19ClN2O4/c1-22(19(24)13-4-7-16-17(9-13)26-11-25-16)15(10-18(21)23)8-12-2-5-14(20)6-3-12/h2-7,9,15H,8,10-11H2,1H3,(H2,21,23). The quantitative estimate of drug-likeness (QED) is 0.842. The highest BCUT2D eigenvalue weighted by Crippen LogP contribution is 2.33. The van der Waals surface area contributed by atoms with Crippen LogP contribution < -0.4 is 15.2 Å². The summed E-state index contributed by atoms with van der Waals surface area (Å²) < 4.78 is 10.6. The van der Waals surface area contributed by atoms with Crippen LogP contribution in [0.3, 0.4) is 0 Å². The predicted octanol–water partition coefficient (Wildman–Crippen LogP) is 2.63. The highest BCUT2D eigenvalue weighted by atomic mass is 35.5. The number of nitrogens with zero attached hydrogens (tertiary/aromatic N) is 1. The Hall–Kier alpha value is -2.73. The number of hydrogen-bond donors (Lipinski definition) is 1. The second-order valence-electron chi connectivity index (χ2n) is 6.14. The molecule has 1 atom stereocenters. The molecule has 136 valence electrons. The van der Waals surface area contributed by atoms with Crippen LogP contribution in [-0.4, -0.2) is 36.6 Å². The average molecular weight is 375 g/mol. The van der Waals surface area contributed by atoms with Gasteiger partial charge in [-0.15, -0.1) is 0 Å². The molecule has 0 aliphatic carbocycles. The normalized spacial score (nSPS) is 13.3. The summed E-state index contributed by atoms with van der Waals surface area (Å²) in [7, 11) is 1.66. The summed E-state index contributed by atoms with van der Waals surface area (Å²) >= 11 is 5.91. The zero-order chi connectivity index (χ0) is 18.7. The molecule has 0 radical (unpaired) electrons. The minimum atomic E-state index is -0.464. The molecule has 0 aromatic heterocycles. The number of hydrogen-bond acceptors (Lipinski definition) is 4. The first-order valence-corrected chi connectivity index (χ1v) is 8.51. The molecule has 1 heterocycles. The lowest BCUT2D eigenvalue weighted by atomic mass is 10.0. The number of carbonyl (C=O) groups excluding carboxylic acids is 2. The number of likely N-dealkylation sites (N-methyl/N-ethyl adjacent to an activating group) is 1. The van der Waals surface area contributed by atoms with Crippen LogP contribution in [0.5, 0.6) is 11.5 Å². The summed E-state index contributed by atoms with van der Waals surface area (Å²) in [5.41, 5.74) is 6.81. The maximum Gasteiger partial charge on any atom is 0.254 e. The van der Waals surface area contributed by atoms with Crippen LogP contribution in [0.15, 0.2) is 42.5 Å². The Morgan fingerprint density at radius 2 is 1.85 bits per heavy atom. The largest absolute Gasteiger partial charge is 0.454 e. The van der Waals surface area contributed by atoms with Crippen molar-refractivity contribution in [1.82, 2.24) is 4.90 Å². The molecule has 0 fully saturated rings. The molecule has 0 bridgehead atoms. The first-order valence-electron chi connectivity index (χ1n) is 8.13. The van der Waals surface area contributed by atoms with Crippen molar-refractivity contribution in [3.8, 4) is 11.5 Å². The van der Waals surface area contributed by atoms with Crippen molar-refractivity contribution in [3.05, 3.63) is 58.6 Å². The van der Waals surface area contributed by atoms with Gasteiger partial charge >= 0.3 is 0 Å². The summed E-state index contributed by atoms with van der Waals surface area (Å²) in [6.07, 6.45) is 0.558. The number of carbonyl (C=O) groups is 2. The molecule has 2 N–H and O–H groups in total. The molecule has 1 aliphatic heterocycles. The molecule has 3 rings (SSSR count). The SMILES string of the molecule is CN(C(=O)c1ccc2c(c1)OCO2)C(CC(N)=O)Cc1ccc(Cl)cc1. The maximum atomic E-state index is 12.9. The van der Waals surface area contributed by atoms with E-state index in [9.17, 15) is 9.59 Å². The maximum absolute atomic E-state index is 12.9. The van der Waals surface area contributed by atoms with Crippen molar-refractivity contribution >= 4 is 23.4 Å². The van der Waals surface area contributed by atoms with Crippen LogP contribution in [-0.2, 0) is 11.2 Å². The Kier molecular flexibility index (Phi) is 5.32. The molecule has 7 heteroatoms. The van der Waals surface area contributed by atoms with E-state index in [-0.39, 0.29) is 25.2 Å². The highest BCUT2D eigenvalue weighted by molar-refractivity contribution is 6.30. The van der Waals surface area contributed by atoms with Gasteiger partial charge in [0.15, 0.2) is 11.5 Å². The zero-order valence-electron chi connectivity index (χ0n) is 14.3. The van der Waals surface area contributed by atoms with Gasteiger partial charge < -0.3 is 20.1 Å². The van der Waals surface area contributed by atoms with Gasteiger partial charge in [0.2, 0.25) is 12.7 Å².